The number of rotatable bonds is 2. The molecule has 1 aromatic heterocycles. The average molecular weight is 209 g/mol. The van der Waals surface area contributed by atoms with E-state index in [9.17, 15) is 0 Å². The number of H-pyrrole nitrogens is 1. The number of imidazole rings is 1. The largest absolute Gasteiger partial charge is 0.388 e. The number of hydrogen-bond acceptors (Lipinski definition) is 2. The van der Waals surface area contributed by atoms with Crippen LogP contribution in [-0.4, -0.2) is 15.1 Å². The number of aromatic nitrogens is 2. The highest BCUT2D eigenvalue weighted by atomic mass is 35.5. The first kappa shape index (κ1) is 9.24. The lowest BCUT2D eigenvalue weighted by molar-refractivity contribution is 0.272. The molecule has 0 saturated carbocycles. The fourth-order valence-electron chi connectivity index (χ4n) is 1.25. The molecule has 72 valence electrons. The van der Waals surface area contributed by atoms with Gasteiger partial charge in [-0.05, 0) is 12.1 Å². The van der Waals surface area contributed by atoms with Crippen LogP contribution >= 0.6 is 11.6 Å². The van der Waals surface area contributed by atoms with Gasteiger partial charge >= 0.3 is 0 Å². The van der Waals surface area contributed by atoms with Crippen LogP contribution in [0.3, 0.4) is 0 Å². The van der Waals surface area contributed by atoms with E-state index in [2.05, 4.69) is 9.97 Å². The van der Waals surface area contributed by atoms with Crippen molar-refractivity contribution in [2.24, 2.45) is 0 Å². The van der Waals surface area contributed by atoms with Gasteiger partial charge in [0.1, 0.15) is 12.4 Å². The Morgan fingerprint density at radius 3 is 2.93 bits per heavy atom. The van der Waals surface area contributed by atoms with E-state index in [0.717, 1.165) is 11.3 Å². The molecule has 4 heteroatoms. The Bertz CT molecular complexity index is 439. The number of hydrogen-bond donors (Lipinski definition) is 2. The van der Waals surface area contributed by atoms with Gasteiger partial charge in [-0.2, -0.15) is 0 Å². The first-order chi connectivity index (χ1) is 6.79. The predicted octanol–water partition coefficient (Wildman–Crippen LogP) is 2.22. The van der Waals surface area contributed by atoms with E-state index < -0.39 is 0 Å². The molecule has 0 aliphatic rings. The van der Waals surface area contributed by atoms with Crippen LogP contribution in [0.4, 0.5) is 0 Å². The van der Waals surface area contributed by atoms with Crippen molar-refractivity contribution in [3.05, 3.63) is 41.3 Å². The third-order valence-corrected chi connectivity index (χ3v) is 2.15. The topological polar surface area (TPSA) is 48.9 Å². The van der Waals surface area contributed by atoms with Gasteiger partial charge in [0.05, 0.1) is 11.9 Å². The summed E-state index contributed by atoms with van der Waals surface area (Å²) >= 11 is 5.85. The van der Waals surface area contributed by atoms with Crippen molar-refractivity contribution in [1.29, 1.82) is 0 Å². The van der Waals surface area contributed by atoms with Crippen molar-refractivity contribution < 1.29 is 5.11 Å². The van der Waals surface area contributed by atoms with Crippen LogP contribution in [0.2, 0.25) is 5.02 Å². The van der Waals surface area contributed by atoms with Gasteiger partial charge in [-0.3, -0.25) is 0 Å². The Morgan fingerprint density at radius 2 is 2.29 bits per heavy atom. The van der Waals surface area contributed by atoms with Crippen molar-refractivity contribution in [2.75, 3.05) is 0 Å². The molecule has 0 radical (unpaired) electrons. The molecule has 0 aliphatic carbocycles. The number of aromatic amines is 1. The zero-order valence-electron chi connectivity index (χ0n) is 7.37. The van der Waals surface area contributed by atoms with Crippen molar-refractivity contribution in [3.63, 3.8) is 0 Å². The number of benzene rings is 1. The second kappa shape index (κ2) is 3.82. The van der Waals surface area contributed by atoms with Crippen LogP contribution in [0.25, 0.3) is 11.3 Å². The van der Waals surface area contributed by atoms with Crippen LogP contribution in [0, 0.1) is 0 Å². The van der Waals surface area contributed by atoms with Gasteiger partial charge in [-0.1, -0.05) is 23.7 Å². The number of aliphatic hydroxyl groups excluding tert-OH is 1. The summed E-state index contributed by atoms with van der Waals surface area (Å²) in [5.41, 5.74) is 1.82. The summed E-state index contributed by atoms with van der Waals surface area (Å²) in [6, 6.07) is 7.46. The van der Waals surface area contributed by atoms with Crippen molar-refractivity contribution >= 4 is 11.6 Å². The first-order valence-corrected chi connectivity index (χ1v) is 4.58. The molecular formula is C10H9ClN2O. The molecule has 0 fully saturated rings. The minimum absolute atomic E-state index is 0.0828. The van der Waals surface area contributed by atoms with Gasteiger partial charge in [-0.25, -0.2) is 4.98 Å². The summed E-state index contributed by atoms with van der Waals surface area (Å²) in [5, 5.41) is 9.52. The van der Waals surface area contributed by atoms with Crippen molar-refractivity contribution in [1.82, 2.24) is 9.97 Å². The highest BCUT2D eigenvalue weighted by Gasteiger charge is 2.02. The SMILES string of the molecule is OCc1ncc(-c2cccc(Cl)c2)[nH]1. The van der Waals surface area contributed by atoms with Crippen molar-refractivity contribution in [2.45, 2.75) is 6.61 Å². The second-order valence-electron chi connectivity index (χ2n) is 2.91. The average Bonchev–Trinajstić information content (AvgIpc) is 2.66. The molecule has 0 unspecified atom stereocenters. The molecule has 2 aromatic rings. The van der Waals surface area contributed by atoms with Crippen LogP contribution in [-0.2, 0) is 6.61 Å². The van der Waals surface area contributed by atoms with Crippen LogP contribution in [0.5, 0.6) is 0 Å². The fourth-order valence-corrected chi connectivity index (χ4v) is 1.44. The molecule has 0 bridgehead atoms. The smallest absolute Gasteiger partial charge is 0.132 e. The monoisotopic (exact) mass is 208 g/mol. The normalized spacial score (nSPS) is 10.4. The van der Waals surface area contributed by atoms with Crippen molar-refractivity contribution in [3.8, 4) is 11.3 Å². The molecule has 0 amide bonds. The van der Waals surface area contributed by atoms with Crippen LogP contribution < -0.4 is 0 Å². The molecule has 2 rings (SSSR count). The number of halogens is 1. The standard InChI is InChI=1S/C10H9ClN2O/c11-8-3-1-2-7(4-8)9-5-12-10(6-14)13-9/h1-5,14H,6H2,(H,12,13). The summed E-state index contributed by atoms with van der Waals surface area (Å²) in [6.45, 7) is -0.0828. The van der Waals surface area contributed by atoms with Gasteiger partial charge in [0.2, 0.25) is 0 Å². The third kappa shape index (κ3) is 1.78. The van der Waals surface area contributed by atoms with Gasteiger partial charge in [0.15, 0.2) is 0 Å². The van der Waals surface area contributed by atoms with Gasteiger partial charge in [-0.15, -0.1) is 0 Å². The summed E-state index contributed by atoms with van der Waals surface area (Å²) in [5.74, 6) is 0.556. The van der Waals surface area contributed by atoms with E-state index in [1.165, 1.54) is 0 Å². The molecule has 2 N–H and O–H groups in total. The van der Waals surface area contributed by atoms with E-state index in [1.807, 2.05) is 24.3 Å². The molecule has 14 heavy (non-hydrogen) atoms. The molecule has 0 spiro atoms. The van der Waals surface area contributed by atoms with E-state index >= 15 is 0 Å². The predicted molar refractivity (Wildman–Crippen MR) is 55.0 cm³/mol. The summed E-state index contributed by atoms with van der Waals surface area (Å²) in [6.07, 6.45) is 1.68. The summed E-state index contributed by atoms with van der Waals surface area (Å²) < 4.78 is 0. The third-order valence-electron chi connectivity index (χ3n) is 1.91. The van der Waals surface area contributed by atoms with E-state index in [0.29, 0.717) is 10.8 Å². The zero-order chi connectivity index (χ0) is 9.97. The quantitative estimate of drug-likeness (QED) is 0.795. The van der Waals surface area contributed by atoms with E-state index in [-0.39, 0.29) is 6.61 Å². The molecule has 1 heterocycles. The Hall–Kier alpha value is -1.32. The fraction of sp³-hybridized carbons (Fsp3) is 0.100. The molecule has 3 nitrogen and oxygen atoms in total. The molecule has 0 aliphatic heterocycles. The first-order valence-electron chi connectivity index (χ1n) is 4.20. The molecule has 1 aromatic carbocycles. The van der Waals surface area contributed by atoms with E-state index in [1.54, 1.807) is 6.20 Å². The Kier molecular flexibility index (Phi) is 2.52. The van der Waals surface area contributed by atoms with Gasteiger partial charge in [0, 0.05) is 10.6 Å². The molecular weight excluding hydrogens is 200 g/mol. The number of aliphatic hydroxyl groups is 1. The Morgan fingerprint density at radius 1 is 1.43 bits per heavy atom. The summed E-state index contributed by atoms with van der Waals surface area (Å²) in [7, 11) is 0. The lowest BCUT2D eigenvalue weighted by Gasteiger charge is -1.97. The lowest BCUT2D eigenvalue weighted by atomic mass is 10.2. The number of nitrogens with zero attached hydrogens (tertiary/aromatic N) is 1. The van der Waals surface area contributed by atoms with Gasteiger partial charge < -0.3 is 10.1 Å². The zero-order valence-corrected chi connectivity index (χ0v) is 8.12. The van der Waals surface area contributed by atoms with Crippen LogP contribution in [0.1, 0.15) is 5.82 Å². The highest BCUT2D eigenvalue weighted by Crippen LogP contribution is 2.20. The maximum absolute atomic E-state index is 8.83. The van der Waals surface area contributed by atoms with Crippen LogP contribution in [0.15, 0.2) is 30.5 Å². The summed E-state index contributed by atoms with van der Waals surface area (Å²) in [4.78, 5) is 6.98. The minimum atomic E-state index is -0.0828. The van der Waals surface area contributed by atoms with E-state index in [4.69, 9.17) is 16.7 Å². The maximum atomic E-state index is 8.83. The second-order valence-corrected chi connectivity index (χ2v) is 3.35. The Balaban J connectivity index is 2.39. The molecule has 0 atom stereocenters. The highest BCUT2D eigenvalue weighted by molar-refractivity contribution is 6.30. The number of nitrogens with one attached hydrogen (secondary N) is 1. The maximum Gasteiger partial charge on any atom is 0.132 e. The molecule has 0 saturated heterocycles. The Labute approximate surface area is 86.4 Å². The van der Waals surface area contributed by atoms with Gasteiger partial charge in [0.25, 0.3) is 0 Å². The lowest BCUT2D eigenvalue weighted by Crippen LogP contribution is -1.84. The minimum Gasteiger partial charge on any atom is -0.388 e.